The molecule has 5 aliphatic rings. The Morgan fingerprint density at radius 3 is 2.48 bits per heavy atom. The molecule has 1 aromatic carbocycles. The van der Waals surface area contributed by atoms with E-state index in [4.69, 9.17) is 28.1 Å². The number of nitro benzene ring substituents is 1. The summed E-state index contributed by atoms with van der Waals surface area (Å²) < 4.78 is 39.5. The summed E-state index contributed by atoms with van der Waals surface area (Å²) in [4.78, 5) is 52.6. The van der Waals surface area contributed by atoms with E-state index in [9.17, 15) is 24.5 Å². The third kappa shape index (κ3) is 8.86. The lowest BCUT2D eigenvalue weighted by atomic mass is 9.71. The van der Waals surface area contributed by atoms with Crippen molar-refractivity contribution in [2.45, 2.75) is 141 Å². The number of nitrogens with zero attached hydrogens (tertiary/aromatic N) is 1. The molecule has 6 rings (SSSR count). The molecule has 0 amide bonds. The number of carbonyl (C=O) groups excluding carboxylic acids is 3. The lowest BCUT2D eigenvalue weighted by molar-refractivity contribution is -0.384. The van der Waals surface area contributed by atoms with Crippen molar-refractivity contribution in [2.75, 3.05) is 6.61 Å². The number of rotatable bonds is 7. The number of hydrogen-bond donors (Lipinski definition) is 0. The number of ether oxygens (including phenoxy) is 5. The Labute approximate surface area is 330 Å². The van der Waals surface area contributed by atoms with Gasteiger partial charge in [0, 0.05) is 37.3 Å². The number of fused-ring (bicyclic) bond motifs is 2. The number of nitro groups is 1. The van der Waals surface area contributed by atoms with Gasteiger partial charge in [-0.25, -0.2) is 0 Å². The van der Waals surface area contributed by atoms with Gasteiger partial charge in [0.1, 0.15) is 23.7 Å². The van der Waals surface area contributed by atoms with E-state index in [0.717, 1.165) is 18.4 Å². The van der Waals surface area contributed by atoms with Crippen LogP contribution in [0.15, 0.2) is 71.4 Å². The Bertz CT molecular complexity index is 1810. The summed E-state index contributed by atoms with van der Waals surface area (Å²) in [5, 5.41) is 11.2. The van der Waals surface area contributed by atoms with Crippen molar-refractivity contribution in [3.05, 3.63) is 87.0 Å². The second-order valence-corrected chi connectivity index (χ2v) is 21.7. The largest absolute Gasteiger partial charge is 0.462 e. The molecular formula is C43H57NO11Si. The van der Waals surface area contributed by atoms with Gasteiger partial charge in [-0.3, -0.25) is 24.5 Å². The van der Waals surface area contributed by atoms with Crippen molar-refractivity contribution in [3.63, 3.8) is 0 Å². The van der Waals surface area contributed by atoms with Crippen LogP contribution >= 0.6 is 0 Å². The summed E-state index contributed by atoms with van der Waals surface area (Å²) in [6, 6.07) is 5.86. The average Bonchev–Trinajstić information content (AvgIpc) is 3.49. The van der Waals surface area contributed by atoms with Crippen LogP contribution in [-0.2, 0) is 48.9 Å². The lowest BCUT2D eigenvalue weighted by Crippen LogP contribution is -2.61. The van der Waals surface area contributed by atoms with Crippen LogP contribution in [0.5, 0.6) is 0 Å². The highest BCUT2D eigenvalue weighted by Gasteiger charge is 2.63. The van der Waals surface area contributed by atoms with Crippen molar-refractivity contribution in [3.8, 4) is 0 Å². The maximum Gasteiger partial charge on any atom is 0.316 e. The topological polar surface area (TPSA) is 150 Å². The van der Waals surface area contributed by atoms with Crippen LogP contribution < -0.4 is 0 Å². The van der Waals surface area contributed by atoms with E-state index in [-0.39, 0.29) is 42.6 Å². The first-order valence-corrected chi connectivity index (χ1v) is 23.4. The van der Waals surface area contributed by atoms with Crippen molar-refractivity contribution >= 4 is 31.7 Å². The fourth-order valence-corrected chi connectivity index (χ4v) is 10.3. The number of non-ortho nitro benzene ring substituents is 1. The van der Waals surface area contributed by atoms with E-state index >= 15 is 0 Å². The van der Waals surface area contributed by atoms with Crippen molar-refractivity contribution in [1.82, 2.24) is 0 Å². The van der Waals surface area contributed by atoms with Gasteiger partial charge < -0.3 is 28.1 Å². The molecule has 0 unspecified atom stereocenters. The highest BCUT2D eigenvalue weighted by atomic mass is 28.4. The van der Waals surface area contributed by atoms with Gasteiger partial charge in [0.05, 0.1) is 30.2 Å². The molecular weight excluding hydrogens is 735 g/mol. The highest BCUT2D eigenvalue weighted by Crippen LogP contribution is 2.49. The summed E-state index contributed by atoms with van der Waals surface area (Å²) in [5.41, 5.74) is 1.06. The van der Waals surface area contributed by atoms with Crippen molar-refractivity contribution in [2.24, 2.45) is 17.8 Å². The Kier molecular flexibility index (Phi) is 12.4. The molecule has 304 valence electrons. The maximum absolute atomic E-state index is 14.7. The molecule has 56 heavy (non-hydrogen) atoms. The number of hydrogen-bond acceptors (Lipinski definition) is 11. The van der Waals surface area contributed by atoms with Crippen molar-refractivity contribution < 1.29 is 47.4 Å². The van der Waals surface area contributed by atoms with Gasteiger partial charge in [-0.15, -0.1) is 0 Å². The molecule has 10 atom stereocenters. The Hall–Kier alpha value is -3.75. The number of esters is 2. The molecule has 2 bridgehead atoms. The van der Waals surface area contributed by atoms with E-state index < -0.39 is 60.8 Å². The molecule has 0 aromatic heterocycles. The fraction of sp³-hybridized carbons (Fsp3) is 0.605. The predicted molar refractivity (Wildman–Crippen MR) is 211 cm³/mol. The van der Waals surface area contributed by atoms with E-state index in [1.54, 1.807) is 25.1 Å². The van der Waals surface area contributed by atoms with Crippen LogP contribution in [-0.4, -0.2) is 79.5 Å². The van der Waals surface area contributed by atoms with Crippen LogP contribution in [0, 0.1) is 27.9 Å². The van der Waals surface area contributed by atoms with Crippen LogP contribution in [0.3, 0.4) is 0 Å². The SMILES string of the molecule is CC[C@H]1O[C@]2(CC[C@@H]1C)C[C@@H]1C[C@@H](C/C=C(\C)[C@H](OC(=O)Cc3ccc([N+](=O)[O-])cc3)[C@@H](C)/C=C/C=C3\CO[C@@H]4C(=O)C(C)=C[C@@H](C(=O)O1)[C@]34O[Si](C)(C)C)O2. The predicted octanol–water partition coefficient (Wildman–Crippen LogP) is 7.66. The van der Waals surface area contributed by atoms with E-state index in [1.165, 1.54) is 12.1 Å². The molecule has 4 heterocycles. The zero-order valence-electron chi connectivity index (χ0n) is 33.9. The molecule has 0 saturated carbocycles. The van der Waals surface area contributed by atoms with Gasteiger partial charge in [-0.05, 0) is 81.0 Å². The smallest absolute Gasteiger partial charge is 0.316 e. The summed E-state index contributed by atoms with van der Waals surface area (Å²) in [6.07, 6.45) is 10.4. The van der Waals surface area contributed by atoms with Gasteiger partial charge in [-0.2, -0.15) is 0 Å². The molecule has 1 spiro atoms. The summed E-state index contributed by atoms with van der Waals surface area (Å²) in [6.45, 7) is 16.1. The van der Waals surface area contributed by atoms with Crippen LogP contribution in [0.2, 0.25) is 19.6 Å². The molecule has 4 aliphatic heterocycles. The van der Waals surface area contributed by atoms with E-state index in [0.29, 0.717) is 48.3 Å². The van der Waals surface area contributed by atoms with E-state index in [1.807, 2.05) is 57.8 Å². The zero-order chi connectivity index (χ0) is 40.6. The summed E-state index contributed by atoms with van der Waals surface area (Å²) in [5.74, 6) is -2.98. The van der Waals surface area contributed by atoms with Gasteiger partial charge in [0.2, 0.25) is 0 Å². The minimum absolute atomic E-state index is 0.00591. The normalized spacial score (nSPS) is 37.6. The number of benzene rings is 1. The lowest BCUT2D eigenvalue weighted by Gasteiger charge is -2.50. The summed E-state index contributed by atoms with van der Waals surface area (Å²) in [7, 11) is -2.45. The molecule has 13 heteroatoms. The number of ketones is 1. The molecule has 3 fully saturated rings. The monoisotopic (exact) mass is 791 g/mol. The molecule has 1 aromatic rings. The van der Waals surface area contributed by atoms with Gasteiger partial charge in [0.25, 0.3) is 5.69 Å². The highest BCUT2D eigenvalue weighted by molar-refractivity contribution is 6.70. The molecule has 1 aliphatic carbocycles. The van der Waals surface area contributed by atoms with Gasteiger partial charge in [-0.1, -0.05) is 63.3 Å². The zero-order valence-corrected chi connectivity index (χ0v) is 34.9. The molecule has 0 N–H and O–H groups in total. The minimum atomic E-state index is -2.45. The Balaban J connectivity index is 1.41. The fourth-order valence-electron chi connectivity index (χ4n) is 8.97. The number of carbonyl (C=O) groups is 3. The average molecular weight is 792 g/mol. The second-order valence-electron chi connectivity index (χ2n) is 17.3. The molecule has 12 nitrogen and oxygen atoms in total. The summed E-state index contributed by atoms with van der Waals surface area (Å²) >= 11 is 0. The van der Waals surface area contributed by atoms with Crippen LogP contribution in [0.4, 0.5) is 5.69 Å². The quantitative estimate of drug-likeness (QED) is 0.0881. The minimum Gasteiger partial charge on any atom is -0.462 e. The van der Waals surface area contributed by atoms with Crippen molar-refractivity contribution in [1.29, 1.82) is 0 Å². The third-order valence-electron chi connectivity index (χ3n) is 11.7. The standard InChI is InChI=1S/C43H57NO11Si/c1-9-36-26(2)19-20-42(54-36)24-34-23-33(53-42)18-13-28(4)39(52-37(45)22-30-14-16-32(17-15-30)44(48)49)27(3)11-10-12-31-25-50-40-38(46)29(5)21-35(41(47)51-34)43(31,40)55-56(6,7)8/h10-17,21,26-27,33-36,39-40H,9,18-20,22-25H2,1-8H3/b11-10+,28-13+,31-12+/t26-,27-,33+,34-,35-,36+,39+,40+,42+,43+/m0/s1. The maximum atomic E-state index is 14.7. The Morgan fingerprint density at radius 1 is 1.07 bits per heavy atom. The van der Waals surface area contributed by atoms with Gasteiger partial charge >= 0.3 is 11.9 Å². The van der Waals surface area contributed by atoms with E-state index in [2.05, 4.69) is 13.8 Å². The number of Topliss-reactive ketones (excluding diaryl/α,β-unsaturated/α-hetero) is 1. The number of allylic oxidation sites excluding steroid dienone is 2. The third-order valence-corrected chi connectivity index (χ3v) is 12.7. The first-order chi connectivity index (χ1) is 26.4. The van der Waals surface area contributed by atoms with Gasteiger partial charge in [0.15, 0.2) is 26.0 Å². The second kappa shape index (κ2) is 16.6. The van der Waals surface area contributed by atoms with Crippen LogP contribution in [0.1, 0.15) is 78.7 Å². The Morgan fingerprint density at radius 2 is 1.80 bits per heavy atom. The first kappa shape index (κ1) is 41.9. The molecule has 0 radical (unpaired) electrons. The molecule has 3 saturated heterocycles. The van der Waals surface area contributed by atoms with Crippen LogP contribution in [0.25, 0.3) is 0 Å². The first-order valence-electron chi connectivity index (χ1n) is 20.0.